The molecule has 0 aliphatic carbocycles. The third-order valence-electron chi connectivity index (χ3n) is 5.64. The lowest BCUT2D eigenvalue weighted by molar-refractivity contribution is -0.121. The molecule has 0 atom stereocenters. The first-order chi connectivity index (χ1) is 13.7. The third kappa shape index (κ3) is 20.2. The van der Waals surface area contributed by atoms with Crippen LogP contribution in [0.1, 0.15) is 130 Å². The van der Waals surface area contributed by atoms with E-state index in [0.29, 0.717) is 6.42 Å². The molecule has 0 aliphatic rings. The first kappa shape index (κ1) is 27.4. The summed E-state index contributed by atoms with van der Waals surface area (Å²) in [4.78, 5) is 14.5. The largest absolute Gasteiger partial charge is 0.356 e. The molecule has 0 aromatic carbocycles. The molecule has 0 aromatic rings. The fraction of sp³-hybridized carbons (Fsp3) is 0.960. The normalized spacial score (nSPS) is 11.3. The van der Waals surface area contributed by atoms with Crippen molar-refractivity contribution in [1.29, 1.82) is 0 Å². The summed E-state index contributed by atoms with van der Waals surface area (Å²) in [5.41, 5.74) is 0. The molecule has 0 radical (unpaired) electrons. The van der Waals surface area contributed by atoms with E-state index >= 15 is 0 Å². The summed E-state index contributed by atoms with van der Waals surface area (Å²) in [6.45, 7) is 11.2. The van der Waals surface area contributed by atoms with Crippen molar-refractivity contribution in [2.24, 2.45) is 0 Å². The number of carbonyl (C=O) groups is 1. The lowest BCUT2D eigenvalue weighted by Gasteiger charge is -2.21. The van der Waals surface area contributed by atoms with Gasteiger partial charge in [0.25, 0.3) is 0 Å². The van der Waals surface area contributed by atoms with Crippen LogP contribution in [0.5, 0.6) is 0 Å². The summed E-state index contributed by atoms with van der Waals surface area (Å²) >= 11 is 0. The van der Waals surface area contributed by atoms with Crippen LogP contribution in [-0.2, 0) is 4.79 Å². The van der Waals surface area contributed by atoms with Gasteiger partial charge in [-0.3, -0.25) is 4.79 Å². The standard InChI is InChI=1S/C25H52N2O/c1-4-7-10-11-12-13-14-15-16-17-18-20-25(28)26-21-19-24-27(22-8-5-2)23-9-6-3/h4-24H2,1-3H3,(H,26,28). The average Bonchev–Trinajstić information content (AvgIpc) is 2.70. The van der Waals surface area contributed by atoms with Crippen molar-refractivity contribution >= 4 is 5.91 Å². The van der Waals surface area contributed by atoms with E-state index in [1.54, 1.807) is 0 Å². The highest BCUT2D eigenvalue weighted by Gasteiger charge is 2.05. The molecule has 3 heteroatoms. The summed E-state index contributed by atoms with van der Waals surface area (Å²) in [5, 5.41) is 3.12. The molecule has 3 nitrogen and oxygen atoms in total. The molecule has 0 rings (SSSR count). The summed E-state index contributed by atoms with van der Waals surface area (Å²) in [5.74, 6) is 0.254. The van der Waals surface area contributed by atoms with E-state index in [-0.39, 0.29) is 5.91 Å². The summed E-state index contributed by atoms with van der Waals surface area (Å²) in [6.07, 6.45) is 21.6. The Balaban J connectivity index is 3.44. The van der Waals surface area contributed by atoms with Crippen LogP contribution in [0.3, 0.4) is 0 Å². The molecule has 0 fully saturated rings. The Hall–Kier alpha value is -0.570. The van der Waals surface area contributed by atoms with Crippen LogP contribution in [0.25, 0.3) is 0 Å². The van der Waals surface area contributed by atoms with Gasteiger partial charge in [0.1, 0.15) is 0 Å². The fourth-order valence-electron chi connectivity index (χ4n) is 3.67. The number of hydrogen-bond acceptors (Lipinski definition) is 2. The predicted octanol–water partition coefficient (Wildman–Crippen LogP) is 7.10. The second-order valence-electron chi connectivity index (χ2n) is 8.54. The minimum absolute atomic E-state index is 0.254. The number of nitrogens with one attached hydrogen (secondary N) is 1. The summed E-state index contributed by atoms with van der Waals surface area (Å²) < 4.78 is 0. The van der Waals surface area contributed by atoms with Crippen molar-refractivity contribution in [2.75, 3.05) is 26.2 Å². The number of nitrogens with zero attached hydrogens (tertiary/aromatic N) is 1. The van der Waals surface area contributed by atoms with E-state index in [1.807, 2.05) is 0 Å². The smallest absolute Gasteiger partial charge is 0.219 e. The number of hydrogen-bond donors (Lipinski definition) is 1. The van der Waals surface area contributed by atoms with Crippen molar-refractivity contribution in [3.05, 3.63) is 0 Å². The van der Waals surface area contributed by atoms with Crippen LogP contribution in [0, 0.1) is 0 Å². The molecule has 168 valence electrons. The van der Waals surface area contributed by atoms with Crippen LogP contribution in [0.15, 0.2) is 0 Å². The topological polar surface area (TPSA) is 32.3 Å². The van der Waals surface area contributed by atoms with Crippen LogP contribution < -0.4 is 5.32 Å². The lowest BCUT2D eigenvalue weighted by atomic mass is 10.1. The second kappa shape index (κ2) is 22.7. The van der Waals surface area contributed by atoms with Gasteiger partial charge in [0.2, 0.25) is 5.91 Å². The number of unbranched alkanes of at least 4 members (excludes halogenated alkanes) is 12. The quantitative estimate of drug-likeness (QED) is 0.198. The first-order valence-electron chi connectivity index (χ1n) is 12.7. The van der Waals surface area contributed by atoms with Gasteiger partial charge in [-0.25, -0.2) is 0 Å². The summed E-state index contributed by atoms with van der Waals surface area (Å²) in [7, 11) is 0. The zero-order valence-electron chi connectivity index (χ0n) is 19.7. The maximum atomic E-state index is 12.0. The van der Waals surface area contributed by atoms with E-state index in [0.717, 1.165) is 25.9 Å². The van der Waals surface area contributed by atoms with E-state index in [4.69, 9.17) is 0 Å². The number of amides is 1. The van der Waals surface area contributed by atoms with Crippen molar-refractivity contribution in [3.8, 4) is 0 Å². The molecule has 1 N–H and O–H groups in total. The molecule has 0 saturated carbocycles. The maximum Gasteiger partial charge on any atom is 0.219 e. The van der Waals surface area contributed by atoms with Gasteiger partial charge in [0.05, 0.1) is 0 Å². The Morgan fingerprint density at radius 3 is 1.50 bits per heavy atom. The Morgan fingerprint density at radius 2 is 1.00 bits per heavy atom. The van der Waals surface area contributed by atoms with Crippen molar-refractivity contribution < 1.29 is 4.79 Å². The SMILES string of the molecule is CCCCCCCCCCCCCC(=O)NCCCN(CCCC)CCCC. The Kier molecular flexibility index (Phi) is 22.3. The number of carbonyl (C=O) groups excluding carboxylic acids is 1. The van der Waals surface area contributed by atoms with Gasteiger partial charge in [-0.15, -0.1) is 0 Å². The van der Waals surface area contributed by atoms with Crippen LogP contribution in [-0.4, -0.2) is 37.0 Å². The Morgan fingerprint density at radius 1 is 0.571 bits per heavy atom. The first-order valence-corrected chi connectivity index (χ1v) is 12.7. The van der Waals surface area contributed by atoms with E-state index in [9.17, 15) is 4.79 Å². The molecule has 0 saturated heterocycles. The van der Waals surface area contributed by atoms with Gasteiger partial charge in [-0.1, -0.05) is 97.8 Å². The van der Waals surface area contributed by atoms with Crippen molar-refractivity contribution in [1.82, 2.24) is 10.2 Å². The molecule has 1 amide bonds. The van der Waals surface area contributed by atoms with E-state index < -0.39 is 0 Å². The molecule has 0 spiro atoms. The van der Waals surface area contributed by atoms with Crippen LogP contribution >= 0.6 is 0 Å². The Bertz CT molecular complexity index is 312. The van der Waals surface area contributed by atoms with Crippen LogP contribution in [0.2, 0.25) is 0 Å². The van der Waals surface area contributed by atoms with Gasteiger partial charge in [-0.2, -0.15) is 0 Å². The van der Waals surface area contributed by atoms with Gasteiger partial charge in [0.15, 0.2) is 0 Å². The predicted molar refractivity (Wildman–Crippen MR) is 125 cm³/mol. The lowest BCUT2D eigenvalue weighted by Crippen LogP contribution is -2.31. The zero-order chi connectivity index (χ0) is 20.7. The van der Waals surface area contributed by atoms with Gasteiger partial charge in [-0.05, 0) is 45.3 Å². The minimum atomic E-state index is 0.254. The van der Waals surface area contributed by atoms with Crippen LogP contribution in [0.4, 0.5) is 0 Å². The Labute approximate surface area is 177 Å². The zero-order valence-corrected chi connectivity index (χ0v) is 19.7. The fourth-order valence-corrected chi connectivity index (χ4v) is 3.67. The molecule has 0 heterocycles. The second-order valence-corrected chi connectivity index (χ2v) is 8.54. The van der Waals surface area contributed by atoms with Crippen molar-refractivity contribution in [3.63, 3.8) is 0 Å². The molecule has 0 aliphatic heterocycles. The highest BCUT2D eigenvalue weighted by Crippen LogP contribution is 2.11. The highest BCUT2D eigenvalue weighted by atomic mass is 16.1. The van der Waals surface area contributed by atoms with Gasteiger partial charge in [0, 0.05) is 13.0 Å². The average molecular weight is 397 g/mol. The maximum absolute atomic E-state index is 12.0. The third-order valence-corrected chi connectivity index (χ3v) is 5.64. The molecular weight excluding hydrogens is 344 g/mol. The number of rotatable bonds is 22. The highest BCUT2D eigenvalue weighted by molar-refractivity contribution is 5.75. The molecule has 28 heavy (non-hydrogen) atoms. The molecular formula is C25H52N2O. The molecule has 0 unspecified atom stereocenters. The monoisotopic (exact) mass is 396 g/mol. The van der Waals surface area contributed by atoms with E-state index in [2.05, 4.69) is 31.0 Å². The van der Waals surface area contributed by atoms with Gasteiger partial charge >= 0.3 is 0 Å². The summed E-state index contributed by atoms with van der Waals surface area (Å²) in [6, 6.07) is 0. The van der Waals surface area contributed by atoms with E-state index in [1.165, 1.54) is 103 Å². The minimum Gasteiger partial charge on any atom is -0.356 e. The molecule has 0 bridgehead atoms. The molecule has 0 aromatic heterocycles. The van der Waals surface area contributed by atoms with Gasteiger partial charge < -0.3 is 10.2 Å². The van der Waals surface area contributed by atoms with Crippen molar-refractivity contribution in [2.45, 2.75) is 130 Å².